The summed E-state index contributed by atoms with van der Waals surface area (Å²) < 4.78 is 11.0. The van der Waals surface area contributed by atoms with Crippen LogP contribution in [0.5, 0.6) is 0 Å². The standard InChI is InChI=1S/C24H44O4/c1-7-23(3,4)15-9-17-27-21(25)19-11-13-20(14-12-19)22(26)28-18-10-16-24(5,6)8-2/h19-20H,7-18H2,1-6H3. The minimum absolute atomic E-state index is 0.0476. The number of carbonyl (C=O) groups is 2. The highest BCUT2D eigenvalue weighted by Crippen LogP contribution is 2.31. The predicted octanol–water partition coefficient (Wildman–Crippen LogP) is 6.31. The third-order valence-corrected chi connectivity index (χ3v) is 6.79. The summed E-state index contributed by atoms with van der Waals surface area (Å²) in [6.07, 6.45) is 9.21. The van der Waals surface area contributed by atoms with Gasteiger partial charge >= 0.3 is 11.9 Å². The summed E-state index contributed by atoms with van der Waals surface area (Å²) >= 11 is 0. The molecule has 0 radical (unpaired) electrons. The summed E-state index contributed by atoms with van der Waals surface area (Å²) in [7, 11) is 0. The first-order valence-electron chi connectivity index (χ1n) is 11.4. The number of hydrogen-bond acceptors (Lipinski definition) is 4. The lowest BCUT2D eigenvalue weighted by molar-refractivity contribution is -0.155. The molecule has 0 saturated heterocycles. The van der Waals surface area contributed by atoms with E-state index in [0.29, 0.717) is 24.0 Å². The SMILES string of the molecule is CCC(C)(C)CCCOC(=O)C1CCC(C(=O)OCCCC(C)(C)CC)CC1. The number of rotatable bonds is 12. The zero-order chi connectivity index (χ0) is 21.2. The van der Waals surface area contributed by atoms with Crippen molar-refractivity contribution in [2.24, 2.45) is 22.7 Å². The third-order valence-electron chi connectivity index (χ3n) is 6.79. The summed E-state index contributed by atoms with van der Waals surface area (Å²) in [4.78, 5) is 24.5. The average Bonchev–Trinajstić information content (AvgIpc) is 2.68. The van der Waals surface area contributed by atoms with Crippen molar-refractivity contribution in [1.82, 2.24) is 0 Å². The molecule has 0 N–H and O–H groups in total. The maximum absolute atomic E-state index is 12.3. The molecule has 4 nitrogen and oxygen atoms in total. The highest BCUT2D eigenvalue weighted by atomic mass is 16.5. The summed E-state index contributed by atoms with van der Waals surface area (Å²) in [6.45, 7) is 14.4. The summed E-state index contributed by atoms with van der Waals surface area (Å²) in [5.74, 6) is -0.256. The normalized spacial score (nSPS) is 20.6. The van der Waals surface area contributed by atoms with Crippen LogP contribution in [-0.4, -0.2) is 25.2 Å². The van der Waals surface area contributed by atoms with Crippen LogP contribution in [-0.2, 0) is 19.1 Å². The lowest BCUT2D eigenvalue weighted by Gasteiger charge is -2.27. The molecule has 0 aromatic heterocycles. The molecule has 1 fully saturated rings. The van der Waals surface area contributed by atoms with Crippen molar-refractivity contribution in [1.29, 1.82) is 0 Å². The lowest BCUT2D eigenvalue weighted by atomic mass is 9.82. The van der Waals surface area contributed by atoms with Gasteiger partial charge in [0.05, 0.1) is 25.0 Å². The molecule has 1 aliphatic rings. The molecule has 0 heterocycles. The number of esters is 2. The van der Waals surface area contributed by atoms with Gasteiger partial charge in [0, 0.05) is 0 Å². The van der Waals surface area contributed by atoms with Gasteiger partial charge in [-0.1, -0.05) is 54.4 Å². The largest absolute Gasteiger partial charge is 0.465 e. The van der Waals surface area contributed by atoms with Gasteiger partial charge in [-0.2, -0.15) is 0 Å². The molecule has 0 spiro atoms. The van der Waals surface area contributed by atoms with Gasteiger partial charge in [-0.15, -0.1) is 0 Å². The van der Waals surface area contributed by atoms with E-state index >= 15 is 0 Å². The Bertz CT molecular complexity index is 429. The molecule has 1 saturated carbocycles. The quantitative estimate of drug-likeness (QED) is 0.286. The lowest BCUT2D eigenvalue weighted by Crippen LogP contribution is -2.28. The van der Waals surface area contributed by atoms with Gasteiger partial charge in [0.1, 0.15) is 0 Å². The molecule has 0 unspecified atom stereocenters. The molecule has 4 heteroatoms. The highest BCUT2D eigenvalue weighted by molar-refractivity contribution is 5.75. The van der Waals surface area contributed by atoms with Crippen LogP contribution in [0.1, 0.15) is 106 Å². The highest BCUT2D eigenvalue weighted by Gasteiger charge is 2.31. The number of ether oxygens (including phenoxy) is 2. The van der Waals surface area contributed by atoms with Crippen LogP contribution < -0.4 is 0 Å². The van der Waals surface area contributed by atoms with Crippen molar-refractivity contribution in [3.8, 4) is 0 Å². The van der Waals surface area contributed by atoms with Gasteiger partial charge in [-0.3, -0.25) is 9.59 Å². The van der Waals surface area contributed by atoms with Crippen molar-refractivity contribution in [2.75, 3.05) is 13.2 Å². The smallest absolute Gasteiger partial charge is 0.308 e. The second-order valence-corrected chi connectivity index (χ2v) is 10.1. The van der Waals surface area contributed by atoms with Gasteiger partial charge < -0.3 is 9.47 Å². The Hall–Kier alpha value is -1.06. The van der Waals surface area contributed by atoms with Gasteiger partial charge in [-0.25, -0.2) is 0 Å². The molecule has 0 bridgehead atoms. The first-order valence-corrected chi connectivity index (χ1v) is 11.4. The second kappa shape index (κ2) is 11.8. The molecule has 0 aliphatic heterocycles. The van der Waals surface area contributed by atoms with E-state index in [0.717, 1.165) is 64.2 Å². The predicted molar refractivity (Wildman–Crippen MR) is 114 cm³/mol. The Morgan fingerprint density at radius 2 is 1.04 bits per heavy atom. The first kappa shape index (κ1) is 25.0. The molecule has 0 aromatic rings. The van der Waals surface area contributed by atoms with Crippen LogP contribution in [0.25, 0.3) is 0 Å². The molecule has 164 valence electrons. The van der Waals surface area contributed by atoms with Crippen LogP contribution >= 0.6 is 0 Å². The zero-order valence-corrected chi connectivity index (χ0v) is 19.3. The first-order chi connectivity index (χ1) is 13.1. The van der Waals surface area contributed by atoms with Crippen molar-refractivity contribution >= 4 is 11.9 Å². The van der Waals surface area contributed by atoms with Crippen molar-refractivity contribution < 1.29 is 19.1 Å². The molecule has 0 aromatic carbocycles. The monoisotopic (exact) mass is 396 g/mol. The maximum atomic E-state index is 12.3. The van der Waals surface area contributed by atoms with Crippen LogP contribution in [0.2, 0.25) is 0 Å². The molecular weight excluding hydrogens is 352 g/mol. The Morgan fingerprint density at radius 1 is 0.714 bits per heavy atom. The fraction of sp³-hybridized carbons (Fsp3) is 0.917. The van der Waals surface area contributed by atoms with E-state index in [2.05, 4.69) is 41.5 Å². The number of hydrogen-bond donors (Lipinski definition) is 0. The minimum Gasteiger partial charge on any atom is -0.465 e. The van der Waals surface area contributed by atoms with Crippen LogP contribution in [0.3, 0.4) is 0 Å². The van der Waals surface area contributed by atoms with Gasteiger partial charge in [-0.05, 0) is 62.2 Å². The maximum Gasteiger partial charge on any atom is 0.308 e. The molecule has 0 amide bonds. The van der Waals surface area contributed by atoms with E-state index in [1.54, 1.807) is 0 Å². The van der Waals surface area contributed by atoms with E-state index in [1.807, 2.05) is 0 Å². The second-order valence-electron chi connectivity index (χ2n) is 10.1. The van der Waals surface area contributed by atoms with Gasteiger partial charge in [0.25, 0.3) is 0 Å². The Kier molecular flexibility index (Phi) is 10.5. The van der Waals surface area contributed by atoms with Gasteiger partial charge in [0.2, 0.25) is 0 Å². The van der Waals surface area contributed by atoms with Crippen molar-refractivity contribution in [2.45, 2.75) is 106 Å². The van der Waals surface area contributed by atoms with Crippen molar-refractivity contribution in [3.05, 3.63) is 0 Å². The summed E-state index contributed by atoms with van der Waals surface area (Å²) in [6, 6.07) is 0. The van der Waals surface area contributed by atoms with Crippen LogP contribution in [0.4, 0.5) is 0 Å². The topological polar surface area (TPSA) is 52.6 Å². The molecule has 1 aliphatic carbocycles. The van der Waals surface area contributed by atoms with E-state index in [9.17, 15) is 9.59 Å². The van der Waals surface area contributed by atoms with Crippen LogP contribution in [0.15, 0.2) is 0 Å². The van der Waals surface area contributed by atoms with E-state index < -0.39 is 0 Å². The molecular formula is C24H44O4. The van der Waals surface area contributed by atoms with E-state index in [-0.39, 0.29) is 23.8 Å². The van der Waals surface area contributed by atoms with Crippen LogP contribution in [0, 0.1) is 22.7 Å². The Morgan fingerprint density at radius 3 is 1.32 bits per heavy atom. The molecule has 28 heavy (non-hydrogen) atoms. The molecule has 0 atom stereocenters. The third kappa shape index (κ3) is 9.43. The van der Waals surface area contributed by atoms with E-state index in [4.69, 9.17) is 9.47 Å². The fourth-order valence-corrected chi connectivity index (χ4v) is 3.60. The van der Waals surface area contributed by atoms with E-state index in [1.165, 1.54) is 0 Å². The fourth-order valence-electron chi connectivity index (χ4n) is 3.60. The summed E-state index contributed by atoms with van der Waals surface area (Å²) in [5.41, 5.74) is 0.633. The summed E-state index contributed by atoms with van der Waals surface area (Å²) in [5, 5.41) is 0. The number of carbonyl (C=O) groups excluding carboxylic acids is 2. The van der Waals surface area contributed by atoms with Gasteiger partial charge in [0.15, 0.2) is 0 Å². The Balaban J connectivity index is 2.19. The Labute approximate surface area is 173 Å². The van der Waals surface area contributed by atoms with Crippen molar-refractivity contribution in [3.63, 3.8) is 0 Å². The zero-order valence-electron chi connectivity index (χ0n) is 19.3. The average molecular weight is 397 g/mol. The molecule has 1 rings (SSSR count). The minimum atomic E-state index is -0.0806.